The van der Waals surface area contributed by atoms with E-state index in [1.807, 2.05) is 13.0 Å². The molecule has 0 fully saturated rings. The summed E-state index contributed by atoms with van der Waals surface area (Å²) in [5.41, 5.74) is 1.95. The fraction of sp³-hybridized carbons (Fsp3) is 0.176. The van der Waals surface area contributed by atoms with Gasteiger partial charge in [0, 0.05) is 11.1 Å². The first-order chi connectivity index (χ1) is 10.1. The Morgan fingerprint density at radius 1 is 1.24 bits per heavy atom. The van der Waals surface area contributed by atoms with Crippen molar-refractivity contribution in [2.45, 2.75) is 13.5 Å². The lowest BCUT2D eigenvalue weighted by atomic mass is 10.1. The van der Waals surface area contributed by atoms with Crippen LogP contribution in [0.15, 0.2) is 36.4 Å². The van der Waals surface area contributed by atoms with Crippen molar-refractivity contribution in [1.82, 2.24) is 0 Å². The first kappa shape index (κ1) is 15.4. The van der Waals surface area contributed by atoms with Crippen LogP contribution in [0.1, 0.15) is 16.7 Å². The van der Waals surface area contributed by atoms with Crippen LogP contribution in [0, 0.1) is 24.6 Å². The number of hydrogen-bond acceptors (Lipinski definition) is 2. The summed E-state index contributed by atoms with van der Waals surface area (Å²) in [5.74, 6) is 5.25. The largest absolute Gasteiger partial charge is 0.487 e. The number of aliphatic hydroxyl groups excluding tert-OH is 1. The quantitative estimate of drug-likeness (QED) is 0.876. The molecule has 2 aromatic carbocycles. The molecule has 0 atom stereocenters. The second-order valence-corrected chi connectivity index (χ2v) is 4.90. The van der Waals surface area contributed by atoms with Crippen LogP contribution in [0.4, 0.5) is 4.39 Å². The van der Waals surface area contributed by atoms with Crippen LogP contribution in [-0.4, -0.2) is 11.7 Å². The summed E-state index contributed by atoms with van der Waals surface area (Å²) in [6.45, 7) is 1.76. The molecule has 0 spiro atoms. The molecule has 0 saturated heterocycles. The zero-order valence-electron chi connectivity index (χ0n) is 11.5. The van der Waals surface area contributed by atoms with Gasteiger partial charge < -0.3 is 9.84 Å². The molecule has 4 heteroatoms. The summed E-state index contributed by atoms with van der Waals surface area (Å²) >= 11 is 6.02. The summed E-state index contributed by atoms with van der Waals surface area (Å²) < 4.78 is 19.5. The molecule has 0 radical (unpaired) electrons. The molecule has 0 aromatic heterocycles. The number of rotatable bonds is 3. The lowest BCUT2D eigenvalue weighted by molar-refractivity contribution is 0.300. The average molecular weight is 305 g/mol. The fourth-order valence-corrected chi connectivity index (χ4v) is 1.93. The van der Waals surface area contributed by atoms with Crippen molar-refractivity contribution in [1.29, 1.82) is 0 Å². The van der Waals surface area contributed by atoms with Gasteiger partial charge in [-0.3, -0.25) is 0 Å². The zero-order valence-corrected chi connectivity index (χ0v) is 12.2. The number of aryl methyl sites for hydroxylation is 1. The third-order valence-corrected chi connectivity index (χ3v) is 3.15. The van der Waals surface area contributed by atoms with E-state index in [9.17, 15) is 4.39 Å². The highest BCUT2D eigenvalue weighted by atomic mass is 35.5. The highest BCUT2D eigenvalue weighted by Gasteiger charge is 2.06. The van der Waals surface area contributed by atoms with Crippen LogP contribution in [0.25, 0.3) is 0 Å². The van der Waals surface area contributed by atoms with Crippen molar-refractivity contribution in [2.75, 3.05) is 6.61 Å². The van der Waals surface area contributed by atoms with Gasteiger partial charge in [-0.15, -0.1) is 0 Å². The Bertz CT molecular complexity index is 702. The van der Waals surface area contributed by atoms with Crippen molar-refractivity contribution in [3.8, 4) is 17.6 Å². The van der Waals surface area contributed by atoms with Gasteiger partial charge in [0.1, 0.15) is 24.8 Å². The molecule has 108 valence electrons. The molecule has 21 heavy (non-hydrogen) atoms. The molecule has 0 amide bonds. The second-order valence-electron chi connectivity index (χ2n) is 4.49. The first-order valence-electron chi connectivity index (χ1n) is 6.37. The predicted molar refractivity (Wildman–Crippen MR) is 80.9 cm³/mol. The number of benzene rings is 2. The Balaban J connectivity index is 2.11. The topological polar surface area (TPSA) is 29.5 Å². The summed E-state index contributed by atoms with van der Waals surface area (Å²) in [4.78, 5) is 0. The van der Waals surface area contributed by atoms with Crippen LogP contribution in [0.2, 0.25) is 5.02 Å². The number of halogens is 2. The van der Waals surface area contributed by atoms with Gasteiger partial charge in [0.2, 0.25) is 0 Å². The van der Waals surface area contributed by atoms with E-state index in [-0.39, 0.29) is 13.2 Å². The van der Waals surface area contributed by atoms with Crippen molar-refractivity contribution in [2.24, 2.45) is 0 Å². The fourth-order valence-electron chi connectivity index (χ4n) is 1.76. The summed E-state index contributed by atoms with van der Waals surface area (Å²) in [7, 11) is 0. The minimum Gasteiger partial charge on any atom is -0.487 e. The van der Waals surface area contributed by atoms with Crippen molar-refractivity contribution < 1.29 is 14.2 Å². The SMILES string of the molecule is Cc1ccc(Cl)c(OCc2ccc(C#CCO)cc2F)c1. The van der Waals surface area contributed by atoms with Gasteiger partial charge in [0.15, 0.2) is 0 Å². The number of aliphatic hydroxyl groups is 1. The van der Waals surface area contributed by atoms with Gasteiger partial charge in [-0.2, -0.15) is 0 Å². The van der Waals surface area contributed by atoms with Gasteiger partial charge in [0.05, 0.1) is 5.02 Å². The Kier molecular flexibility index (Phi) is 5.21. The zero-order chi connectivity index (χ0) is 15.2. The molecular formula is C17H14ClFO2. The maximum absolute atomic E-state index is 13.9. The summed E-state index contributed by atoms with van der Waals surface area (Å²) in [6.07, 6.45) is 0. The van der Waals surface area contributed by atoms with Crippen LogP contribution < -0.4 is 4.74 Å². The molecule has 1 N–H and O–H groups in total. The van der Waals surface area contributed by atoms with Gasteiger partial charge in [-0.1, -0.05) is 35.6 Å². The molecular weight excluding hydrogens is 291 g/mol. The molecule has 0 aliphatic rings. The number of ether oxygens (including phenoxy) is 1. The molecule has 0 heterocycles. The predicted octanol–water partition coefficient (Wildman–Crippen LogP) is 3.71. The van der Waals surface area contributed by atoms with Crippen molar-refractivity contribution >= 4 is 11.6 Å². The molecule has 0 aliphatic heterocycles. The minimum absolute atomic E-state index is 0.0860. The molecule has 2 rings (SSSR count). The van der Waals surface area contributed by atoms with E-state index in [0.29, 0.717) is 21.9 Å². The van der Waals surface area contributed by atoms with E-state index >= 15 is 0 Å². The molecule has 2 aromatic rings. The third-order valence-electron chi connectivity index (χ3n) is 2.83. The molecule has 0 bridgehead atoms. The maximum Gasteiger partial charge on any atom is 0.138 e. The average Bonchev–Trinajstić information content (AvgIpc) is 2.47. The van der Waals surface area contributed by atoms with Crippen LogP contribution in [0.5, 0.6) is 5.75 Å². The van der Waals surface area contributed by atoms with Crippen LogP contribution in [-0.2, 0) is 6.61 Å². The van der Waals surface area contributed by atoms with E-state index in [2.05, 4.69) is 11.8 Å². The Labute approximate surface area is 128 Å². The van der Waals surface area contributed by atoms with E-state index in [0.717, 1.165) is 5.56 Å². The normalized spacial score (nSPS) is 9.90. The Morgan fingerprint density at radius 2 is 2.05 bits per heavy atom. The third kappa shape index (κ3) is 4.22. The van der Waals surface area contributed by atoms with Crippen LogP contribution in [0.3, 0.4) is 0 Å². The monoisotopic (exact) mass is 304 g/mol. The molecule has 2 nitrogen and oxygen atoms in total. The van der Waals surface area contributed by atoms with E-state index in [1.54, 1.807) is 24.3 Å². The Morgan fingerprint density at radius 3 is 2.76 bits per heavy atom. The molecule has 0 saturated carbocycles. The van der Waals surface area contributed by atoms with Gasteiger partial charge in [0.25, 0.3) is 0 Å². The van der Waals surface area contributed by atoms with Gasteiger partial charge in [-0.05, 0) is 36.8 Å². The summed E-state index contributed by atoms with van der Waals surface area (Å²) in [5, 5.41) is 9.10. The van der Waals surface area contributed by atoms with Crippen molar-refractivity contribution in [3.05, 3.63) is 63.9 Å². The Hall–Kier alpha value is -2.02. The lowest BCUT2D eigenvalue weighted by Crippen LogP contribution is -1.99. The van der Waals surface area contributed by atoms with Gasteiger partial charge in [-0.25, -0.2) is 4.39 Å². The minimum atomic E-state index is -0.400. The highest BCUT2D eigenvalue weighted by molar-refractivity contribution is 6.32. The molecule has 0 unspecified atom stereocenters. The molecule has 0 aliphatic carbocycles. The first-order valence-corrected chi connectivity index (χ1v) is 6.75. The standard InChI is InChI=1S/C17H14ClFO2/c1-12-4-7-15(18)17(9-12)21-11-14-6-5-13(3-2-8-20)10-16(14)19/h4-7,9-10,20H,8,11H2,1H3. The number of hydrogen-bond donors (Lipinski definition) is 1. The van der Waals surface area contributed by atoms with E-state index in [1.165, 1.54) is 6.07 Å². The highest BCUT2D eigenvalue weighted by Crippen LogP contribution is 2.26. The lowest BCUT2D eigenvalue weighted by Gasteiger charge is -2.09. The second kappa shape index (κ2) is 7.12. The van der Waals surface area contributed by atoms with E-state index in [4.69, 9.17) is 21.4 Å². The smallest absolute Gasteiger partial charge is 0.138 e. The van der Waals surface area contributed by atoms with Crippen molar-refractivity contribution in [3.63, 3.8) is 0 Å². The maximum atomic E-state index is 13.9. The van der Waals surface area contributed by atoms with Crippen LogP contribution >= 0.6 is 11.6 Å². The van der Waals surface area contributed by atoms with Gasteiger partial charge >= 0.3 is 0 Å². The van der Waals surface area contributed by atoms with E-state index < -0.39 is 5.82 Å². The summed E-state index contributed by atoms with van der Waals surface area (Å²) in [6, 6.07) is 10.0.